The SMILES string of the molecule is O=C(NNC(=S)N[C@@H]1C[C@@H]2C=C[C@@H]1C2)c1ccco1. The second-order valence-corrected chi connectivity index (χ2v) is 5.32. The van der Waals surface area contributed by atoms with Crippen LogP contribution in [0.25, 0.3) is 0 Å². The van der Waals surface area contributed by atoms with E-state index in [1.165, 1.54) is 12.7 Å². The largest absolute Gasteiger partial charge is 0.459 e. The van der Waals surface area contributed by atoms with E-state index >= 15 is 0 Å². The van der Waals surface area contributed by atoms with Crippen molar-refractivity contribution in [2.45, 2.75) is 18.9 Å². The molecule has 0 spiro atoms. The highest BCUT2D eigenvalue weighted by Crippen LogP contribution is 2.38. The average molecular weight is 277 g/mol. The van der Waals surface area contributed by atoms with Gasteiger partial charge in [0, 0.05) is 6.04 Å². The van der Waals surface area contributed by atoms with Crippen LogP contribution >= 0.6 is 12.2 Å². The van der Waals surface area contributed by atoms with Crippen molar-refractivity contribution >= 4 is 23.2 Å². The van der Waals surface area contributed by atoms with Crippen molar-refractivity contribution in [3.8, 4) is 0 Å². The number of allylic oxidation sites excluding steroid dienone is 1. The van der Waals surface area contributed by atoms with E-state index in [1.807, 2.05) is 0 Å². The first-order valence-electron chi connectivity index (χ1n) is 6.31. The van der Waals surface area contributed by atoms with Gasteiger partial charge in [-0.1, -0.05) is 12.2 Å². The van der Waals surface area contributed by atoms with E-state index in [4.69, 9.17) is 16.6 Å². The van der Waals surface area contributed by atoms with E-state index < -0.39 is 0 Å². The number of carbonyl (C=O) groups excluding carboxylic acids is 1. The molecule has 2 aliphatic rings. The fourth-order valence-electron chi connectivity index (χ4n) is 2.73. The minimum Gasteiger partial charge on any atom is -0.459 e. The molecule has 1 saturated carbocycles. The molecule has 0 aliphatic heterocycles. The maximum Gasteiger partial charge on any atom is 0.305 e. The number of nitrogens with one attached hydrogen (secondary N) is 3. The van der Waals surface area contributed by atoms with Crippen molar-refractivity contribution in [1.29, 1.82) is 0 Å². The van der Waals surface area contributed by atoms with Gasteiger partial charge in [-0.15, -0.1) is 0 Å². The Hall–Kier alpha value is -1.82. The summed E-state index contributed by atoms with van der Waals surface area (Å²) in [5, 5.41) is 3.67. The predicted octanol–water partition coefficient (Wildman–Crippen LogP) is 1.35. The maximum absolute atomic E-state index is 11.6. The highest BCUT2D eigenvalue weighted by Gasteiger charge is 2.35. The summed E-state index contributed by atoms with van der Waals surface area (Å²) in [6.45, 7) is 0. The fraction of sp³-hybridized carbons (Fsp3) is 0.385. The molecule has 1 aromatic heterocycles. The molecule has 0 aromatic carbocycles. The van der Waals surface area contributed by atoms with Crippen LogP contribution in [0.2, 0.25) is 0 Å². The number of furan rings is 1. The van der Waals surface area contributed by atoms with Crippen molar-refractivity contribution < 1.29 is 9.21 Å². The zero-order chi connectivity index (χ0) is 13.2. The van der Waals surface area contributed by atoms with Gasteiger partial charge in [-0.05, 0) is 49.0 Å². The van der Waals surface area contributed by atoms with Crippen LogP contribution < -0.4 is 16.2 Å². The minimum absolute atomic E-state index is 0.248. The summed E-state index contributed by atoms with van der Waals surface area (Å²) in [4.78, 5) is 11.6. The molecule has 0 radical (unpaired) electrons. The van der Waals surface area contributed by atoms with E-state index in [-0.39, 0.29) is 11.7 Å². The Morgan fingerprint density at radius 2 is 2.21 bits per heavy atom. The van der Waals surface area contributed by atoms with Crippen LogP contribution in [0.4, 0.5) is 0 Å². The molecule has 0 saturated heterocycles. The van der Waals surface area contributed by atoms with Gasteiger partial charge in [-0.3, -0.25) is 15.6 Å². The Bertz CT molecular complexity index is 512. The van der Waals surface area contributed by atoms with Crippen LogP contribution in [0.3, 0.4) is 0 Å². The number of hydrogen-bond donors (Lipinski definition) is 3. The van der Waals surface area contributed by atoms with Crippen LogP contribution in [0, 0.1) is 11.8 Å². The number of amides is 1. The number of fused-ring (bicyclic) bond motifs is 2. The molecule has 5 nitrogen and oxygen atoms in total. The Kier molecular flexibility index (Phi) is 3.25. The van der Waals surface area contributed by atoms with Gasteiger partial charge in [0.25, 0.3) is 0 Å². The first-order valence-corrected chi connectivity index (χ1v) is 6.72. The molecule has 3 rings (SSSR count). The lowest BCUT2D eigenvalue weighted by Crippen LogP contribution is -2.50. The lowest BCUT2D eigenvalue weighted by molar-refractivity contribution is 0.0915. The highest BCUT2D eigenvalue weighted by atomic mass is 32.1. The van der Waals surface area contributed by atoms with Gasteiger partial charge in [-0.25, -0.2) is 0 Å². The van der Waals surface area contributed by atoms with Crippen LogP contribution in [-0.2, 0) is 0 Å². The molecule has 1 amide bonds. The summed E-state index contributed by atoms with van der Waals surface area (Å²) in [6.07, 6.45) is 8.29. The standard InChI is InChI=1S/C13H15N3O2S/c17-12(11-2-1-5-18-11)15-16-13(19)14-10-7-8-3-4-9(10)6-8/h1-5,8-10H,6-7H2,(H,15,17)(H2,14,16,19)/t8-,9-,10-/m1/s1. The summed E-state index contributed by atoms with van der Waals surface area (Å²) in [5.41, 5.74) is 5.19. The first kappa shape index (κ1) is 12.2. The topological polar surface area (TPSA) is 66.3 Å². The summed E-state index contributed by atoms with van der Waals surface area (Å²) in [7, 11) is 0. The lowest BCUT2D eigenvalue weighted by Gasteiger charge is -2.21. The van der Waals surface area contributed by atoms with E-state index in [2.05, 4.69) is 28.3 Å². The number of rotatable bonds is 2. The number of hydrogen-bond acceptors (Lipinski definition) is 3. The van der Waals surface area contributed by atoms with E-state index in [9.17, 15) is 4.79 Å². The molecule has 1 fully saturated rings. The van der Waals surface area contributed by atoms with E-state index in [0.29, 0.717) is 23.0 Å². The molecule has 6 heteroatoms. The molecule has 1 aromatic rings. The fourth-order valence-corrected chi connectivity index (χ4v) is 2.94. The second kappa shape index (κ2) is 5.05. The van der Waals surface area contributed by atoms with E-state index in [1.54, 1.807) is 12.1 Å². The smallest absolute Gasteiger partial charge is 0.305 e. The maximum atomic E-state index is 11.6. The van der Waals surface area contributed by atoms with Gasteiger partial charge in [0.05, 0.1) is 6.26 Å². The highest BCUT2D eigenvalue weighted by molar-refractivity contribution is 7.80. The third kappa shape index (κ3) is 2.63. The lowest BCUT2D eigenvalue weighted by atomic mass is 10.0. The molecule has 3 atom stereocenters. The predicted molar refractivity (Wildman–Crippen MR) is 74.2 cm³/mol. The van der Waals surface area contributed by atoms with Gasteiger partial charge in [0.15, 0.2) is 10.9 Å². The van der Waals surface area contributed by atoms with Crippen molar-refractivity contribution in [3.05, 3.63) is 36.3 Å². The van der Waals surface area contributed by atoms with Crippen molar-refractivity contribution in [2.24, 2.45) is 11.8 Å². The molecule has 0 unspecified atom stereocenters. The molecule has 3 N–H and O–H groups in total. The van der Waals surface area contributed by atoms with Crippen LogP contribution in [0.5, 0.6) is 0 Å². The molecule has 2 aliphatic carbocycles. The number of hydrazine groups is 1. The summed E-state index contributed by atoms with van der Waals surface area (Å²) in [6, 6.07) is 3.62. The Labute approximate surface area is 116 Å². The third-order valence-corrected chi connectivity index (χ3v) is 3.85. The Morgan fingerprint density at radius 1 is 1.32 bits per heavy atom. The second-order valence-electron chi connectivity index (χ2n) is 4.92. The molecule has 2 bridgehead atoms. The first-order chi connectivity index (χ1) is 9.22. The zero-order valence-electron chi connectivity index (χ0n) is 10.3. The normalized spacial score (nSPS) is 27.3. The van der Waals surface area contributed by atoms with Gasteiger partial charge in [0.1, 0.15) is 0 Å². The van der Waals surface area contributed by atoms with Gasteiger partial charge in [-0.2, -0.15) is 0 Å². The van der Waals surface area contributed by atoms with Gasteiger partial charge < -0.3 is 9.73 Å². The van der Waals surface area contributed by atoms with Gasteiger partial charge in [0.2, 0.25) is 0 Å². The quantitative estimate of drug-likeness (QED) is 0.433. The molecular weight excluding hydrogens is 262 g/mol. The van der Waals surface area contributed by atoms with Crippen molar-refractivity contribution in [2.75, 3.05) is 0 Å². The van der Waals surface area contributed by atoms with Crippen LogP contribution in [0.1, 0.15) is 23.4 Å². The molecule has 19 heavy (non-hydrogen) atoms. The third-order valence-electron chi connectivity index (χ3n) is 3.63. The van der Waals surface area contributed by atoms with E-state index in [0.717, 1.165) is 6.42 Å². The summed E-state index contributed by atoms with van der Waals surface area (Å²) in [5.74, 6) is 1.15. The van der Waals surface area contributed by atoms with Crippen molar-refractivity contribution in [1.82, 2.24) is 16.2 Å². The van der Waals surface area contributed by atoms with Crippen LogP contribution in [0.15, 0.2) is 35.0 Å². The number of thiocarbonyl (C=S) groups is 1. The summed E-state index contributed by atoms with van der Waals surface area (Å²) >= 11 is 5.16. The monoisotopic (exact) mass is 277 g/mol. The summed E-state index contributed by atoms with van der Waals surface area (Å²) < 4.78 is 4.98. The molecule has 1 heterocycles. The number of carbonyl (C=O) groups is 1. The Morgan fingerprint density at radius 3 is 2.84 bits per heavy atom. The minimum atomic E-state index is -0.345. The Balaban J connectivity index is 1.45. The zero-order valence-corrected chi connectivity index (χ0v) is 11.1. The average Bonchev–Trinajstić information content (AvgIpc) is 3.12. The van der Waals surface area contributed by atoms with Crippen molar-refractivity contribution in [3.63, 3.8) is 0 Å². The molecular formula is C13H15N3O2S. The van der Waals surface area contributed by atoms with Gasteiger partial charge >= 0.3 is 5.91 Å². The van der Waals surface area contributed by atoms with Crippen LogP contribution in [-0.4, -0.2) is 17.1 Å². The molecule has 100 valence electrons.